The molecule has 0 aliphatic carbocycles. The first-order valence-corrected chi connectivity index (χ1v) is 7.91. The fourth-order valence-electron chi connectivity index (χ4n) is 2.36. The quantitative estimate of drug-likeness (QED) is 0.427. The molecular weight excluding hydrogens is 300 g/mol. The summed E-state index contributed by atoms with van der Waals surface area (Å²) in [7, 11) is 0. The maximum absolute atomic E-state index is 2.31. The lowest BCUT2D eigenvalue weighted by atomic mass is 10.1. The highest BCUT2D eigenvalue weighted by atomic mass is 79.9. The summed E-state index contributed by atoms with van der Waals surface area (Å²) in [5, 5.41) is 0. The summed E-state index contributed by atoms with van der Waals surface area (Å²) in [6.45, 7) is 6.72. The standard InChI is InChI=1S/C16H31N2.BrH/c1-3-5-6-7-8-9-10-11-12-13-18-15-14-17(4-2)16-18;/h14-16H,3-13H2,1-2H3;1H/q+1;/p-1. The second-order valence-electron chi connectivity index (χ2n) is 5.31. The molecule has 0 bridgehead atoms. The Balaban J connectivity index is 0.00000324. The molecule has 2 nitrogen and oxygen atoms in total. The van der Waals surface area contributed by atoms with Crippen molar-refractivity contribution in [3.05, 3.63) is 18.7 Å². The highest BCUT2D eigenvalue weighted by molar-refractivity contribution is 4.64. The smallest absolute Gasteiger partial charge is 0.243 e. The van der Waals surface area contributed by atoms with Crippen LogP contribution in [0.3, 0.4) is 0 Å². The molecule has 0 fully saturated rings. The Morgan fingerprint density at radius 3 is 1.95 bits per heavy atom. The normalized spacial score (nSPS) is 10.4. The van der Waals surface area contributed by atoms with Crippen LogP contribution in [0, 0.1) is 0 Å². The lowest BCUT2D eigenvalue weighted by Gasteiger charge is -2.01. The Bertz CT molecular complexity index is 297. The van der Waals surface area contributed by atoms with E-state index in [1.165, 1.54) is 64.3 Å². The first-order chi connectivity index (χ1) is 8.86. The zero-order valence-corrected chi connectivity index (χ0v) is 14.4. The van der Waals surface area contributed by atoms with Crippen molar-refractivity contribution in [1.82, 2.24) is 4.57 Å². The zero-order valence-electron chi connectivity index (χ0n) is 12.8. The molecule has 0 saturated heterocycles. The molecule has 1 aromatic heterocycles. The molecule has 19 heavy (non-hydrogen) atoms. The van der Waals surface area contributed by atoms with E-state index in [-0.39, 0.29) is 17.0 Å². The van der Waals surface area contributed by atoms with E-state index in [1.54, 1.807) is 0 Å². The van der Waals surface area contributed by atoms with Gasteiger partial charge in [-0.15, -0.1) is 0 Å². The first-order valence-electron chi connectivity index (χ1n) is 7.91. The largest absolute Gasteiger partial charge is 1.00 e. The van der Waals surface area contributed by atoms with E-state index in [1.807, 2.05) is 0 Å². The molecule has 0 amide bonds. The molecule has 0 aliphatic heterocycles. The Labute approximate surface area is 130 Å². The van der Waals surface area contributed by atoms with Gasteiger partial charge >= 0.3 is 0 Å². The monoisotopic (exact) mass is 330 g/mol. The van der Waals surface area contributed by atoms with Crippen LogP contribution in [-0.4, -0.2) is 4.57 Å². The molecule has 0 atom stereocenters. The van der Waals surface area contributed by atoms with Gasteiger partial charge in [-0.2, -0.15) is 0 Å². The van der Waals surface area contributed by atoms with Gasteiger partial charge in [-0.3, -0.25) is 0 Å². The van der Waals surface area contributed by atoms with Crippen molar-refractivity contribution in [2.45, 2.75) is 84.7 Å². The number of nitrogens with zero attached hydrogens (tertiary/aromatic N) is 2. The first kappa shape index (κ1) is 18.7. The minimum atomic E-state index is 0. The molecule has 0 aromatic carbocycles. The number of imidazole rings is 1. The minimum absolute atomic E-state index is 0. The molecule has 0 unspecified atom stereocenters. The van der Waals surface area contributed by atoms with Crippen molar-refractivity contribution in [2.24, 2.45) is 0 Å². The van der Waals surface area contributed by atoms with E-state index < -0.39 is 0 Å². The lowest BCUT2D eigenvalue weighted by molar-refractivity contribution is -0.696. The van der Waals surface area contributed by atoms with Gasteiger partial charge in [0.15, 0.2) is 0 Å². The molecular formula is C16H31BrN2. The molecule has 0 N–H and O–H groups in total. The number of rotatable bonds is 11. The molecule has 0 spiro atoms. The summed E-state index contributed by atoms with van der Waals surface area (Å²) in [4.78, 5) is 0. The third-order valence-corrected chi connectivity index (χ3v) is 3.63. The van der Waals surface area contributed by atoms with Gasteiger partial charge in [0.2, 0.25) is 6.33 Å². The molecule has 3 heteroatoms. The summed E-state index contributed by atoms with van der Waals surface area (Å²) in [5.41, 5.74) is 0. The van der Waals surface area contributed by atoms with Crippen molar-refractivity contribution in [3.63, 3.8) is 0 Å². The second kappa shape index (κ2) is 12.7. The van der Waals surface area contributed by atoms with E-state index in [2.05, 4.69) is 41.7 Å². The fraction of sp³-hybridized carbons (Fsp3) is 0.812. The van der Waals surface area contributed by atoms with Crippen LogP contribution in [-0.2, 0) is 13.1 Å². The maximum Gasteiger partial charge on any atom is 0.243 e. The summed E-state index contributed by atoms with van der Waals surface area (Å²) in [6, 6.07) is 0. The average Bonchev–Trinajstić information content (AvgIpc) is 2.85. The number of halogens is 1. The Hall–Kier alpha value is -0.310. The molecule has 1 aromatic rings. The highest BCUT2D eigenvalue weighted by Gasteiger charge is 2.00. The van der Waals surface area contributed by atoms with Crippen LogP contribution in [0.1, 0.15) is 71.6 Å². The second-order valence-corrected chi connectivity index (χ2v) is 5.31. The molecule has 0 aliphatic rings. The van der Waals surface area contributed by atoms with E-state index in [9.17, 15) is 0 Å². The summed E-state index contributed by atoms with van der Waals surface area (Å²) >= 11 is 0. The molecule has 112 valence electrons. The van der Waals surface area contributed by atoms with Gasteiger partial charge in [0.1, 0.15) is 12.4 Å². The third-order valence-electron chi connectivity index (χ3n) is 3.63. The Kier molecular flexibility index (Phi) is 12.5. The van der Waals surface area contributed by atoms with Gasteiger partial charge in [0, 0.05) is 0 Å². The van der Waals surface area contributed by atoms with Crippen molar-refractivity contribution >= 4 is 0 Å². The number of aromatic nitrogens is 2. The van der Waals surface area contributed by atoms with Crippen molar-refractivity contribution < 1.29 is 21.5 Å². The van der Waals surface area contributed by atoms with Crippen LogP contribution >= 0.6 is 0 Å². The van der Waals surface area contributed by atoms with Crippen LogP contribution in [0.4, 0.5) is 0 Å². The van der Waals surface area contributed by atoms with Crippen LogP contribution in [0.25, 0.3) is 0 Å². The summed E-state index contributed by atoms with van der Waals surface area (Å²) in [5.74, 6) is 0. The van der Waals surface area contributed by atoms with Gasteiger partial charge < -0.3 is 17.0 Å². The van der Waals surface area contributed by atoms with Crippen LogP contribution in [0.5, 0.6) is 0 Å². The summed E-state index contributed by atoms with van der Waals surface area (Å²) < 4.78 is 4.54. The fourth-order valence-corrected chi connectivity index (χ4v) is 2.36. The zero-order chi connectivity index (χ0) is 13.1. The van der Waals surface area contributed by atoms with E-state index in [0.29, 0.717) is 0 Å². The number of hydrogen-bond donors (Lipinski definition) is 0. The Morgan fingerprint density at radius 2 is 1.42 bits per heavy atom. The lowest BCUT2D eigenvalue weighted by Crippen LogP contribution is -3.00. The van der Waals surface area contributed by atoms with Gasteiger partial charge in [-0.05, 0) is 19.8 Å². The van der Waals surface area contributed by atoms with Gasteiger partial charge in [-0.1, -0.05) is 51.9 Å². The van der Waals surface area contributed by atoms with Crippen molar-refractivity contribution in [1.29, 1.82) is 0 Å². The molecule has 0 radical (unpaired) electrons. The summed E-state index contributed by atoms with van der Waals surface area (Å²) in [6.07, 6.45) is 19.2. The van der Waals surface area contributed by atoms with Crippen molar-refractivity contribution in [3.8, 4) is 0 Å². The van der Waals surface area contributed by atoms with Gasteiger partial charge in [0.05, 0.1) is 13.1 Å². The third kappa shape index (κ3) is 9.26. The molecule has 1 rings (SSSR count). The van der Waals surface area contributed by atoms with Crippen LogP contribution in [0.15, 0.2) is 18.7 Å². The van der Waals surface area contributed by atoms with E-state index in [4.69, 9.17) is 0 Å². The Morgan fingerprint density at radius 1 is 0.842 bits per heavy atom. The van der Waals surface area contributed by atoms with Gasteiger partial charge in [-0.25, -0.2) is 9.13 Å². The van der Waals surface area contributed by atoms with Crippen LogP contribution in [0.2, 0.25) is 0 Å². The van der Waals surface area contributed by atoms with Crippen LogP contribution < -0.4 is 21.5 Å². The highest BCUT2D eigenvalue weighted by Crippen LogP contribution is 2.09. The minimum Gasteiger partial charge on any atom is -1.00 e. The predicted molar refractivity (Wildman–Crippen MR) is 77.5 cm³/mol. The van der Waals surface area contributed by atoms with E-state index >= 15 is 0 Å². The maximum atomic E-state index is 2.31. The number of hydrogen-bond acceptors (Lipinski definition) is 0. The van der Waals surface area contributed by atoms with Crippen molar-refractivity contribution in [2.75, 3.05) is 0 Å². The topological polar surface area (TPSA) is 8.81 Å². The number of aryl methyl sites for hydroxylation is 2. The van der Waals surface area contributed by atoms with Gasteiger partial charge in [0.25, 0.3) is 0 Å². The number of unbranched alkanes of at least 4 members (excludes halogenated alkanes) is 8. The molecule has 0 saturated carbocycles. The van der Waals surface area contributed by atoms with E-state index in [0.717, 1.165) is 6.54 Å². The SMILES string of the molecule is CCCCCCCCCCC[n+]1ccn(CC)c1.[Br-]. The predicted octanol–water partition coefficient (Wildman–Crippen LogP) is 1.33. The average molecular weight is 331 g/mol. The molecule has 1 heterocycles.